The number of benzene rings is 2. The predicted octanol–water partition coefficient (Wildman–Crippen LogP) is 4.21. The monoisotopic (exact) mass is 393 g/mol. The van der Waals surface area contributed by atoms with E-state index in [1.165, 1.54) is 12.1 Å². The number of carbonyl (C=O) groups is 1. The van der Waals surface area contributed by atoms with E-state index in [4.69, 9.17) is 11.6 Å². The van der Waals surface area contributed by atoms with Crippen LogP contribution in [-0.2, 0) is 0 Å². The van der Waals surface area contributed by atoms with Gasteiger partial charge >= 0.3 is 0 Å². The van der Waals surface area contributed by atoms with Gasteiger partial charge in [0.2, 0.25) is 5.78 Å². The first-order valence-corrected chi connectivity index (χ1v) is 8.54. The van der Waals surface area contributed by atoms with Gasteiger partial charge in [0.1, 0.15) is 0 Å². The minimum absolute atomic E-state index is 0.00859. The smallest absolute Gasteiger partial charge is 0.270 e. The van der Waals surface area contributed by atoms with E-state index in [-0.39, 0.29) is 16.3 Å². The Morgan fingerprint density at radius 1 is 1.18 bits per heavy atom. The first-order chi connectivity index (χ1) is 13.5. The largest absolute Gasteiger partial charge is 0.322 e. The lowest BCUT2D eigenvalue weighted by Crippen LogP contribution is -2.12. The molecule has 0 bridgehead atoms. The molecule has 0 saturated carbocycles. The van der Waals surface area contributed by atoms with Crippen LogP contribution < -0.4 is 5.32 Å². The molecule has 2 aromatic carbocycles. The van der Waals surface area contributed by atoms with Crippen LogP contribution in [0.4, 0.5) is 11.4 Å². The number of nitro groups is 1. The number of nitro benzene ring substituents is 1. The van der Waals surface area contributed by atoms with Crippen molar-refractivity contribution >= 4 is 34.7 Å². The van der Waals surface area contributed by atoms with Crippen LogP contribution in [-0.4, -0.2) is 25.2 Å². The lowest BCUT2D eigenvalue weighted by atomic mass is 10.1. The topological polar surface area (TPSA) is 102 Å². The second-order valence-corrected chi connectivity index (χ2v) is 6.32. The third kappa shape index (κ3) is 3.40. The Hall–Kier alpha value is -3.78. The van der Waals surface area contributed by atoms with Crippen molar-refractivity contribution in [3.05, 3.63) is 87.8 Å². The van der Waals surface area contributed by atoms with Crippen LogP contribution in [0.1, 0.15) is 10.4 Å². The number of nitrogens with zero attached hydrogens (tertiary/aromatic N) is 4. The van der Waals surface area contributed by atoms with Crippen LogP contribution in [0.3, 0.4) is 0 Å². The molecule has 2 heterocycles. The lowest BCUT2D eigenvalue weighted by molar-refractivity contribution is -0.384. The number of non-ortho nitro benzene ring substituents is 1. The van der Waals surface area contributed by atoms with Gasteiger partial charge in [0.15, 0.2) is 0 Å². The minimum Gasteiger partial charge on any atom is -0.322 e. The number of rotatable bonds is 4. The second-order valence-electron chi connectivity index (χ2n) is 5.91. The van der Waals surface area contributed by atoms with Crippen LogP contribution in [0.25, 0.3) is 17.0 Å². The predicted molar refractivity (Wildman–Crippen MR) is 104 cm³/mol. The zero-order valence-electron chi connectivity index (χ0n) is 14.2. The van der Waals surface area contributed by atoms with Crippen LogP contribution >= 0.6 is 11.6 Å². The van der Waals surface area contributed by atoms with Crippen molar-refractivity contribution in [2.45, 2.75) is 0 Å². The average molecular weight is 394 g/mol. The molecule has 28 heavy (non-hydrogen) atoms. The van der Waals surface area contributed by atoms with Gasteiger partial charge < -0.3 is 5.32 Å². The summed E-state index contributed by atoms with van der Waals surface area (Å²) in [5.41, 5.74) is 2.03. The highest BCUT2D eigenvalue weighted by molar-refractivity contribution is 6.34. The molecule has 0 saturated heterocycles. The number of halogens is 1. The maximum Gasteiger partial charge on any atom is 0.270 e. The Morgan fingerprint density at radius 2 is 2.04 bits per heavy atom. The number of hydrogen-bond acceptors (Lipinski definition) is 5. The number of anilines is 1. The fourth-order valence-electron chi connectivity index (χ4n) is 2.73. The van der Waals surface area contributed by atoms with E-state index in [2.05, 4.69) is 15.3 Å². The van der Waals surface area contributed by atoms with E-state index in [1.54, 1.807) is 28.8 Å². The van der Waals surface area contributed by atoms with E-state index in [0.29, 0.717) is 17.2 Å². The quantitative estimate of drug-likeness (QED) is 0.413. The number of fused-ring (bicyclic) bond motifs is 1. The van der Waals surface area contributed by atoms with Crippen LogP contribution in [0.15, 0.2) is 67.1 Å². The fraction of sp³-hybridized carbons (Fsp3) is 0. The molecule has 2 aromatic heterocycles. The lowest BCUT2D eigenvalue weighted by Gasteiger charge is -2.08. The van der Waals surface area contributed by atoms with Gasteiger partial charge in [-0.05, 0) is 24.3 Å². The van der Waals surface area contributed by atoms with Gasteiger partial charge in [-0.25, -0.2) is 9.97 Å². The molecule has 1 N–H and O–H groups in total. The Morgan fingerprint density at radius 3 is 2.79 bits per heavy atom. The van der Waals surface area contributed by atoms with Gasteiger partial charge in [0.05, 0.1) is 21.2 Å². The normalized spacial score (nSPS) is 10.8. The van der Waals surface area contributed by atoms with Crippen molar-refractivity contribution in [3.8, 4) is 11.3 Å². The van der Waals surface area contributed by atoms with E-state index in [9.17, 15) is 14.9 Å². The molecule has 9 heteroatoms. The molecular weight excluding hydrogens is 382 g/mol. The van der Waals surface area contributed by atoms with Crippen LogP contribution in [0, 0.1) is 10.1 Å². The molecule has 4 rings (SSSR count). The van der Waals surface area contributed by atoms with Gasteiger partial charge in [0, 0.05) is 42.0 Å². The maximum absolute atomic E-state index is 12.5. The van der Waals surface area contributed by atoms with E-state index in [0.717, 1.165) is 11.6 Å². The Kier molecular flexibility index (Phi) is 4.46. The summed E-state index contributed by atoms with van der Waals surface area (Å²) in [5, 5.41) is 13.6. The molecule has 0 atom stereocenters. The minimum atomic E-state index is -0.569. The number of carbonyl (C=O) groups excluding carboxylic acids is 1. The summed E-state index contributed by atoms with van der Waals surface area (Å²) in [6.07, 6.45) is 5.36. The van der Waals surface area contributed by atoms with Gasteiger partial charge in [-0.2, -0.15) is 0 Å². The average Bonchev–Trinajstić information content (AvgIpc) is 3.12. The molecule has 0 unspecified atom stereocenters. The van der Waals surface area contributed by atoms with Crippen molar-refractivity contribution in [1.82, 2.24) is 14.4 Å². The van der Waals surface area contributed by atoms with Crippen molar-refractivity contribution in [2.75, 3.05) is 5.32 Å². The molecule has 8 nitrogen and oxygen atoms in total. The number of hydrogen-bond donors (Lipinski definition) is 1. The number of imidazole rings is 1. The van der Waals surface area contributed by atoms with Gasteiger partial charge in [0.25, 0.3) is 11.6 Å². The Balaban J connectivity index is 1.60. The summed E-state index contributed by atoms with van der Waals surface area (Å²) in [5.74, 6) is 0.110. The zero-order valence-corrected chi connectivity index (χ0v) is 15.0. The molecule has 1 amide bonds. The van der Waals surface area contributed by atoms with Crippen molar-refractivity contribution < 1.29 is 9.72 Å². The van der Waals surface area contributed by atoms with Crippen molar-refractivity contribution in [3.63, 3.8) is 0 Å². The number of aromatic nitrogens is 3. The highest BCUT2D eigenvalue weighted by Crippen LogP contribution is 2.25. The third-order valence-electron chi connectivity index (χ3n) is 4.06. The molecule has 0 radical (unpaired) electrons. The number of amides is 1. The van der Waals surface area contributed by atoms with Crippen LogP contribution in [0.2, 0.25) is 5.02 Å². The van der Waals surface area contributed by atoms with E-state index in [1.807, 2.05) is 24.5 Å². The molecule has 4 aromatic rings. The Labute approximate surface area is 163 Å². The first-order valence-electron chi connectivity index (χ1n) is 8.17. The van der Waals surface area contributed by atoms with Gasteiger partial charge in [-0.1, -0.05) is 23.7 Å². The maximum atomic E-state index is 12.5. The van der Waals surface area contributed by atoms with E-state index >= 15 is 0 Å². The molecule has 138 valence electrons. The SMILES string of the molecule is O=C(Nc1cccc(-c2cn3cccnc3n2)c1)c1ccc([N+](=O)[O-])cc1Cl. The first kappa shape index (κ1) is 17.6. The molecular formula is C19H12ClN5O3. The highest BCUT2D eigenvalue weighted by atomic mass is 35.5. The summed E-state index contributed by atoms with van der Waals surface area (Å²) >= 11 is 6.02. The van der Waals surface area contributed by atoms with Crippen molar-refractivity contribution in [2.24, 2.45) is 0 Å². The number of nitrogens with one attached hydrogen (secondary N) is 1. The molecule has 0 spiro atoms. The zero-order chi connectivity index (χ0) is 19.7. The van der Waals surface area contributed by atoms with Gasteiger partial charge in [-0.15, -0.1) is 0 Å². The molecule has 0 aliphatic carbocycles. The fourth-order valence-corrected chi connectivity index (χ4v) is 2.99. The summed E-state index contributed by atoms with van der Waals surface area (Å²) in [6, 6.07) is 12.7. The standard InChI is InChI=1S/C19H12ClN5O3/c20-16-10-14(25(27)28)5-6-15(16)18(26)22-13-4-1-3-12(9-13)17-11-24-8-2-7-21-19(24)23-17/h1-11H,(H,22,26). The molecule has 0 fully saturated rings. The highest BCUT2D eigenvalue weighted by Gasteiger charge is 2.15. The van der Waals surface area contributed by atoms with Crippen LogP contribution in [0.5, 0.6) is 0 Å². The summed E-state index contributed by atoms with van der Waals surface area (Å²) in [6.45, 7) is 0. The molecule has 0 aliphatic rings. The van der Waals surface area contributed by atoms with Gasteiger partial charge in [-0.3, -0.25) is 19.3 Å². The van der Waals surface area contributed by atoms with Crippen molar-refractivity contribution in [1.29, 1.82) is 0 Å². The summed E-state index contributed by atoms with van der Waals surface area (Å²) < 4.78 is 1.80. The summed E-state index contributed by atoms with van der Waals surface area (Å²) in [7, 11) is 0. The molecule has 0 aliphatic heterocycles. The Bertz CT molecular complexity index is 1190. The third-order valence-corrected chi connectivity index (χ3v) is 4.37. The van der Waals surface area contributed by atoms with E-state index < -0.39 is 10.8 Å². The summed E-state index contributed by atoms with van der Waals surface area (Å²) in [4.78, 5) is 31.4. The second kappa shape index (κ2) is 7.09.